The quantitative estimate of drug-likeness (QED) is 0.810. The summed E-state index contributed by atoms with van der Waals surface area (Å²) in [6.45, 7) is 6.95. The molecule has 0 bridgehead atoms. The number of hydrogen-bond acceptors (Lipinski definition) is 3. The van der Waals surface area contributed by atoms with Gasteiger partial charge in [0.05, 0.1) is 0 Å². The minimum atomic E-state index is 0.707. The molecule has 94 valence electrons. The van der Waals surface area contributed by atoms with E-state index in [1.807, 2.05) is 12.3 Å². The van der Waals surface area contributed by atoms with Crippen molar-refractivity contribution in [2.75, 3.05) is 26.2 Å². The summed E-state index contributed by atoms with van der Waals surface area (Å²) in [6, 6.07) is 6.86. The Bertz CT molecular complexity index is 313. The molecule has 1 aliphatic rings. The van der Waals surface area contributed by atoms with Gasteiger partial charge >= 0.3 is 0 Å². The topological polar surface area (TPSA) is 28.2 Å². The molecule has 1 atom stereocenters. The number of hydrogen-bond donors (Lipinski definition) is 1. The Morgan fingerprint density at radius 3 is 3.18 bits per heavy atom. The molecule has 0 radical (unpaired) electrons. The van der Waals surface area contributed by atoms with E-state index in [-0.39, 0.29) is 0 Å². The molecule has 1 saturated heterocycles. The highest BCUT2D eigenvalue weighted by atomic mass is 15.2. The third-order valence-corrected chi connectivity index (χ3v) is 3.37. The second-order valence-corrected chi connectivity index (χ2v) is 4.81. The normalized spacial score (nSPS) is 20.9. The Balaban J connectivity index is 1.68. The van der Waals surface area contributed by atoms with Crippen LogP contribution in [0.2, 0.25) is 0 Å². The van der Waals surface area contributed by atoms with E-state index in [0.29, 0.717) is 6.04 Å². The van der Waals surface area contributed by atoms with Crippen molar-refractivity contribution in [1.82, 2.24) is 15.2 Å². The van der Waals surface area contributed by atoms with Crippen molar-refractivity contribution in [2.45, 2.75) is 32.2 Å². The minimum absolute atomic E-state index is 0.707. The van der Waals surface area contributed by atoms with Crippen LogP contribution >= 0.6 is 0 Å². The van der Waals surface area contributed by atoms with Gasteiger partial charge in [-0.2, -0.15) is 0 Å². The summed E-state index contributed by atoms with van der Waals surface area (Å²) < 4.78 is 0. The third-order valence-electron chi connectivity index (χ3n) is 3.37. The number of likely N-dealkylation sites (tertiary alicyclic amines) is 1. The van der Waals surface area contributed by atoms with Crippen molar-refractivity contribution >= 4 is 0 Å². The van der Waals surface area contributed by atoms with E-state index in [4.69, 9.17) is 0 Å². The zero-order chi connectivity index (χ0) is 11.9. The monoisotopic (exact) mass is 233 g/mol. The van der Waals surface area contributed by atoms with Crippen LogP contribution in [0, 0.1) is 0 Å². The number of pyridine rings is 1. The van der Waals surface area contributed by atoms with Crippen LogP contribution in [0.25, 0.3) is 0 Å². The fourth-order valence-corrected chi connectivity index (χ4v) is 2.37. The van der Waals surface area contributed by atoms with Crippen LogP contribution in [-0.4, -0.2) is 42.1 Å². The van der Waals surface area contributed by atoms with Crippen LogP contribution < -0.4 is 5.32 Å². The molecule has 1 aliphatic heterocycles. The van der Waals surface area contributed by atoms with Gasteiger partial charge < -0.3 is 10.2 Å². The second kappa shape index (κ2) is 6.72. The van der Waals surface area contributed by atoms with Crippen molar-refractivity contribution in [3.8, 4) is 0 Å². The second-order valence-electron chi connectivity index (χ2n) is 4.81. The van der Waals surface area contributed by atoms with Crippen LogP contribution in [0.15, 0.2) is 24.4 Å². The Kier molecular flexibility index (Phi) is 4.95. The molecule has 1 fully saturated rings. The molecule has 0 aromatic carbocycles. The van der Waals surface area contributed by atoms with E-state index < -0.39 is 0 Å². The molecule has 0 saturated carbocycles. The fraction of sp³-hybridized carbons (Fsp3) is 0.643. The summed E-state index contributed by atoms with van der Waals surface area (Å²) in [5.74, 6) is 0. The highest BCUT2D eigenvalue weighted by Crippen LogP contribution is 2.09. The van der Waals surface area contributed by atoms with Crippen LogP contribution in [-0.2, 0) is 6.42 Å². The van der Waals surface area contributed by atoms with Crippen LogP contribution in [0.5, 0.6) is 0 Å². The van der Waals surface area contributed by atoms with Crippen molar-refractivity contribution in [3.63, 3.8) is 0 Å². The Morgan fingerprint density at radius 1 is 1.47 bits per heavy atom. The van der Waals surface area contributed by atoms with E-state index in [9.17, 15) is 0 Å². The maximum absolute atomic E-state index is 4.37. The van der Waals surface area contributed by atoms with E-state index in [0.717, 1.165) is 19.5 Å². The first-order chi connectivity index (χ1) is 8.38. The van der Waals surface area contributed by atoms with Crippen LogP contribution in [0.3, 0.4) is 0 Å². The molecular formula is C14H23N3. The van der Waals surface area contributed by atoms with E-state index >= 15 is 0 Å². The van der Waals surface area contributed by atoms with Crippen LogP contribution in [0.1, 0.15) is 25.5 Å². The molecule has 1 N–H and O–H groups in total. The largest absolute Gasteiger partial charge is 0.313 e. The minimum Gasteiger partial charge on any atom is -0.313 e. The van der Waals surface area contributed by atoms with E-state index in [1.54, 1.807) is 0 Å². The Labute approximate surface area is 104 Å². The van der Waals surface area contributed by atoms with Gasteiger partial charge in [-0.15, -0.1) is 0 Å². The lowest BCUT2D eigenvalue weighted by atomic mass is 10.2. The van der Waals surface area contributed by atoms with Gasteiger partial charge in [-0.25, -0.2) is 0 Å². The van der Waals surface area contributed by atoms with Gasteiger partial charge in [-0.3, -0.25) is 4.98 Å². The SMILES string of the molecule is CCCNC1CCN(CCc2ccccn2)C1. The van der Waals surface area contributed by atoms with Gasteiger partial charge in [-0.1, -0.05) is 13.0 Å². The lowest BCUT2D eigenvalue weighted by molar-refractivity contribution is 0.330. The number of rotatable bonds is 6. The van der Waals surface area contributed by atoms with Crippen molar-refractivity contribution in [1.29, 1.82) is 0 Å². The Morgan fingerprint density at radius 2 is 2.41 bits per heavy atom. The summed E-state index contributed by atoms with van der Waals surface area (Å²) in [6.07, 6.45) is 5.47. The third kappa shape index (κ3) is 4.10. The van der Waals surface area contributed by atoms with E-state index in [2.05, 4.69) is 34.3 Å². The highest BCUT2D eigenvalue weighted by Gasteiger charge is 2.20. The molecule has 0 aliphatic carbocycles. The lowest BCUT2D eigenvalue weighted by Gasteiger charge is -2.16. The summed E-state index contributed by atoms with van der Waals surface area (Å²) >= 11 is 0. The van der Waals surface area contributed by atoms with E-state index in [1.165, 1.54) is 31.6 Å². The zero-order valence-electron chi connectivity index (χ0n) is 10.7. The molecule has 3 heteroatoms. The summed E-state index contributed by atoms with van der Waals surface area (Å²) in [5.41, 5.74) is 1.21. The van der Waals surface area contributed by atoms with Gasteiger partial charge in [0.2, 0.25) is 0 Å². The molecule has 0 spiro atoms. The molecule has 1 aromatic rings. The predicted octanol–water partition coefficient (Wildman–Crippen LogP) is 1.70. The average molecular weight is 233 g/mol. The molecule has 3 nitrogen and oxygen atoms in total. The molecule has 1 unspecified atom stereocenters. The first kappa shape index (κ1) is 12.5. The molecule has 1 aromatic heterocycles. The molecular weight excluding hydrogens is 210 g/mol. The molecule has 2 rings (SSSR count). The van der Waals surface area contributed by atoms with Crippen molar-refractivity contribution in [2.24, 2.45) is 0 Å². The summed E-state index contributed by atoms with van der Waals surface area (Å²) in [7, 11) is 0. The standard InChI is InChI=1S/C14H23N3/c1-2-8-15-14-7-11-17(12-14)10-6-13-5-3-4-9-16-13/h3-5,9,14-15H,2,6-8,10-12H2,1H3. The smallest absolute Gasteiger partial charge is 0.0416 e. The number of aromatic nitrogens is 1. The molecule has 0 amide bonds. The molecule has 2 heterocycles. The molecule has 17 heavy (non-hydrogen) atoms. The highest BCUT2D eigenvalue weighted by molar-refractivity contribution is 5.04. The van der Waals surface area contributed by atoms with Gasteiger partial charge in [0.25, 0.3) is 0 Å². The van der Waals surface area contributed by atoms with Gasteiger partial charge in [-0.05, 0) is 38.1 Å². The lowest BCUT2D eigenvalue weighted by Crippen LogP contribution is -2.33. The van der Waals surface area contributed by atoms with Crippen molar-refractivity contribution in [3.05, 3.63) is 30.1 Å². The maximum atomic E-state index is 4.37. The average Bonchev–Trinajstić information content (AvgIpc) is 2.83. The summed E-state index contributed by atoms with van der Waals surface area (Å²) in [4.78, 5) is 6.91. The van der Waals surface area contributed by atoms with Crippen molar-refractivity contribution < 1.29 is 0 Å². The first-order valence-corrected chi connectivity index (χ1v) is 6.74. The number of nitrogens with zero attached hydrogens (tertiary/aromatic N) is 2. The summed E-state index contributed by atoms with van der Waals surface area (Å²) in [5, 5.41) is 3.60. The van der Waals surface area contributed by atoms with Gasteiger partial charge in [0.1, 0.15) is 0 Å². The van der Waals surface area contributed by atoms with Gasteiger partial charge in [0.15, 0.2) is 0 Å². The van der Waals surface area contributed by atoms with Crippen LogP contribution in [0.4, 0.5) is 0 Å². The number of nitrogens with one attached hydrogen (secondary N) is 1. The fourth-order valence-electron chi connectivity index (χ4n) is 2.37. The predicted molar refractivity (Wildman–Crippen MR) is 71.1 cm³/mol. The Hall–Kier alpha value is -0.930. The van der Waals surface area contributed by atoms with Gasteiger partial charge in [0, 0.05) is 37.4 Å². The maximum Gasteiger partial charge on any atom is 0.0416 e. The zero-order valence-corrected chi connectivity index (χ0v) is 10.7. The first-order valence-electron chi connectivity index (χ1n) is 6.74.